The van der Waals surface area contributed by atoms with E-state index in [0.29, 0.717) is 19.4 Å². The lowest BCUT2D eigenvalue weighted by molar-refractivity contribution is -0.144. The first kappa shape index (κ1) is 11.1. The first-order valence-corrected chi connectivity index (χ1v) is 4.00. The first-order valence-electron chi connectivity index (χ1n) is 3.59. The predicted molar refractivity (Wildman–Crippen MR) is 48.9 cm³/mol. The molecule has 0 bridgehead atoms. The summed E-state index contributed by atoms with van der Waals surface area (Å²) in [5.74, 6) is 4.23. The van der Waals surface area contributed by atoms with Crippen LogP contribution in [0, 0.1) is 0 Å². The molecule has 70 valence electrons. The highest BCUT2D eigenvalue weighted by Gasteiger charge is 1.99. The Morgan fingerprint density at radius 1 is 1.50 bits per heavy atom. The molecule has 0 atom stereocenters. The summed E-state index contributed by atoms with van der Waals surface area (Å²) in [5.41, 5.74) is 5.17. The molecule has 6 heteroatoms. The standard InChI is InChI=1S/C6H13N3O2S/c7-6(12)9-4-2-1-3-5(10)11-8/h1-4,8H2,(H3,7,9,12). The summed E-state index contributed by atoms with van der Waals surface area (Å²) < 4.78 is 0. The van der Waals surface area contributed by atoms with Crippen LogP contribution in [0.15, 0.2) is 0 Å². The van der Waals surface area contributed by atoms with E-state index in [-0.39, 0.29) is 5.11 Å². The van der Waals surface area contributed by atoms with Crippen molar-refractivity contribution in [2.45, 2.75) is 19.3 Å². The van der Waals surface area contributed by atoms with Gasteiger partial charge in [-0.15, -0.1) is 0 Å². The van der Waals surface area contributed by atoms with E-state index in [4.69, 9.17) is 5.73 Å². The average Bonchev–Trinajstić information content (AvgIpc) is 2.03. The molecule has 0 aliphatic carbocycles. The van der Waals surface area contributed by atoms with Crippen LogP contribution in [0.4, 0.5) is 0 Å². The van der Waals surface area contributed by atoms with Crippen molar-refractivity contribution in [1.82, 2.24) is 5.32 Å². The van der Waals surface area contributed by atoms with Crippen LogP contribution in [0.3, 0.4) is 0 Å². The maximum absolute atomic E-state index is 10.5. The Hall–Kier alpha value is -0.880. The highest BCUT2D eigenvalue weighted by Crippen LogP contribution is 1.94. The summed E-state index contributed by atoms with van der Waals surface area (Å²) in [7, 11) is 0. The molecule has 0 aliphatic heterocycles. The molecule has 0 aromatic heterocycles. The minimum absolute atomic E-state index is 0.274. The highest BCUT2D eigenvalue weighted by atomic mass is 32.1. The van der Waals surface area contributed by atoms with Crippen molar-refractivity contribution in [3.63, 3.8) is 0 Å². The van der Waals surface area contributed by atoms with Crippen LogP contribution < -0.4 is 16.9 Å². The Balaban J connectivity index is 3.11. The molecule has 0 radical (unpaired) electrons. The van der Waals surface area contributed by atoms with Crippen molar-refractivity contribution >= 4 is 23.3 Å². The molecule has 0 aromatic carbocycles. The van der Waals surface area contributed by atoms with Crippen molar-refractivity contribution in [3.8, 4) is 0 Å². The van der Waals surface area contributed by atoms with Crippen LogP contribution in [0.1, 0.15) is 19.3 Å². The van der Waals surface area contributed by atoms with E-state index in [0.717, 1.165) is 6.42 Å². The zero-order valence-corrected chi connectivity index (χ0v) is 7.52. The third-order valence-corrected chi connectivity index (χ3v) is 1.38. The van der Waals surface area contributed by atoms with E-state index in [1.165, 1.54) is 0 Å². The minimum Gasteiger partial charge on any atom is -0.376 e. The largest absolute Gasteiger partial charge is 0.376 e. The molecule has 0 aromatic rings. The second-order valence-corrected chi connectivity index (χ2v) is 2.68. The van der Waals surface area contributed by atoms with E-state index in [1.54, 1.807) is 0 Å². The zero-order valence-electron chi connectivity index (χ0n) is 6.71. The van der Waals surface area contributed by atoms with Crippen molar-refractivity contribution in [3.05, 3.63) is 0 Å². The van der Waals surface area contributed by atoms with E-state index in [2.05, 4.69) is 28.3 Å². The van der Waals surface area contributed by atoms with Gasteiger partial charge in [0.15, 0.2) is 5.11 Å². The van der Waals surface area contributed by atoms with Gasteiger partial charge in [-0.2, -0.15) is 5.90 Å². The van der Waals surface area contributed by atoms with E-state index >= 15 is 0 Å². The van der Waals surface area contributed by atoms with Gasteiger partial charge in [0.1, 0.15) is 0 Å². The fourth-order valence-corrected chi connectivity index (χ4v) is 0.767. The second kappa shape index (κ2) is 6.81. The lowest BCUT2D eigenvalue weighted by atomic mass is 10.2. The maximum Gasteiger partial charge on any atom is 0.324 e. The highest BCUT2D eigenvalue weighted by molar-refractivity contribution is 7.80. The third kappa shape index (κ3) is 7.23. The van der Waals surface area contributed by atoms with Crippen LogP contribution in [0.2, 0.25) is 0 Å². The number of hydrogen-bond donors (Lipinski definition) is 3. The number of nitrogens with one attached hydrogen (secondary N) is 1. The average molecular weight is 191 g/mol. The van der Waals surface area contributed by atoms with Gasteiger partial charge >= 0.3 is 5.97 Å². The number of rotatable bonds is 5. The molecule has 5 nitrogen and oxygen atoms in total. The normalized spacial score (nSPS) is 9.08. The van der Waals surface area contributed by atoms with Crippen LogP contribution in [-0.4, -0.2) is 17.6 Å². The molecule has 0 spiro atoms. The van der Waals surface area contributed by atoms with Crippen molar-refractivity contribution in [2.75, 3.05) is 6.54 Å². The van der Waals surface area contributed by atoms with Crippen LogP contribution >= 0.6 is 12.2 Å². The number of hydrogen-bond acceptors (Lipinski definition) is 4. The first-order chi connectivity index (χ1) is 5.66. The summed E-state index contributed by atoms with van der Waals surface area (Å²) in [6, 6.07) is 0. The van der Waals surface area contributed by atoms with Gasteiger partial charge < -0.3 is 15.9 Å². The monoisotopic (exact) mass is 191 g/mol. The fraction of sp³-hybridized carbons (Fsp3) is 0.667. The molecule has 0 saturated heterocycles. The molecule has 5 N–H and O–H groups in total. The zero-order chi connectivity index (χ0) is 9.40. The summed E-state index contributed by atoms with van der Waals surface area (Å²) in [6.07, 6.45) is 1.85. The third-order valence-electron chi connectivity index (χ3n) is 1.24. The molecule has 0 aliphatic rings. The molecule has 0 fully saturated rings. The van der Waals surface area contributed by atoms with Crippen LogP contribution in [0.25, 0.3) is 0 Å². The molecule has 0 heterocycles. The van der Waals surface area contributed by atoms with Gasteiger partial charge in [0.2, 0.25) is 0 Å². The molecule has 12 heavy (non-hydrogen) atoms. The summed E-state index contributed by atoms with van der Waals surface area (Å²) >= 11 is 4.57. The van der Waals surface area contributed by atoms with E-state index < -0.39 is 5.97 Å². The van der Waals surface area contributed by atoms with Crippen molar-refractivity contribution < 1.29 is 9.63 Å². The van der Waals surface area contributed by atoms with Crippen LogP contribution in [0.5, 0.6) is 0 Å². The Morgan fingerprint density at radius 2 is 2.17 bits per heavy atom. The molecule has 0 unspecified atom stereocenters. The quantitative estimate of drug-likeness (QED) is 0.305. The Labute approximate surface area is 76.4 Å². The van der Waals surface area contributed by atoms with Gasteiger partial charge in [0.05, 0.1) is 0 Å². The number of carbonyl (C=O) groups is 1. The Kier molecular flexibility index (Phi) is 6.31. The lowest BCUT2D eigenvalue weighted by Crippen LogP contribution is -2.29. The van der Waals surface area contributed by atoms with Gasteiger partial charge in [0.25, 0.3) is 0 Å². The van der Waals surface area contributed by atoms with Gasteiger partial charge in [0, 0.05) is 13.0 Å². The maximum atomic E-state index is 10.5. The van der Waals surface area contributed by atoms with Crippen LogP contribution in [-0.2, 0) is 9.63 Å². The summed E-state index contributed by atoms with van der Waals surface area (Å²) in [4.78, 5) is 14.5. The Bertz CT molecular complexity index is 163. The summed E-state index contributed by atoms with van der Waals surface area (Å²) in [6.45, 7) is 0.674. The molecular weight excluding hydrogens is 178 g/mol. The topological polar surface area (TPSA) is 90.4 Å². The SMILES string of the molecule is NOC(=O)CCCCNC(N)=S. The van der Waals surface area contributed by atoms with E-state index in [9.17, 15) is 4.79 Å². The molecular formula is C6H13N3O2S. The fourth-order valence-electron chi connectivity index (χ4n) is 0.665. The molecule has 0 amide bonds. The summed E-state index contributed by atoms with van der Waals surface area (Å²) in [5, 5.41) is 3.04. The van der Waals surface area contributed by atoms with Crippen molar-refractivity contribution in [2.24, 2.45) is 11.6 Å². The molecule has 0 saturated carbocycles. The number of carbonyl (C=O) groups excluding carboxylic acids is 1. The second-order valence-electron chi connectivity index (χ2n) is 2.24. The van der Waals surface area contributed by atoms with Gasteiger partial charge in [-0.1, -0.05) is 0 Å². The predicted octanol–water partition coefficient (Wildman–Crippen LogP) is -0.593. The Morgan fingerprint density at radius 3 is 2.67 bits per heavy atom. The van der Waals surface area contributed by atoms with Gasteiger partial charge in [-0.05, 0) is 25.1 Å². The smallest absolute Gasteiger partial charge is 0.324 e. The van der Waals surface area contributed by atoms with E-state index in [1.807, 2.05) is 0 Å². The number of nitrogens with two attached hydrogens (primary N) is 2. The van der Waals surface area contributed by atoms with Crippen molar-refractivity contribution in [1.29, 1.82) is 0 Å². The minimum atomic E-state index is -0.398. The lowest BCUT2D eigenvalue weighted by Gasteiger charge is -2.01. The number of thiocarbonyl (C=S) groups is 1. The molecule has 0 rings (SSSR count). The van der Waals surface area contributed by atoms with Gasteiger partial charge in [-0.25, -0.2) is 0 Å². The number of unbranched alkanes of at least 4 members (excludes halogenated alkanes) is 1. The van der Waals surface area contributed by atoms with Gasteiger partial charge in [-0.3, -0.25) is 4.79 Å².